The molecule has 24 heavy (non-hydrogen) atoms. The van der Waals surface area contributed by atoms with Crippen molar-refractivity contribution in [3.8, 4) is 11.5 Å². The number of nitrogens with zero attached hydrogens (tertiary/aromatic N) is 1. The standard InChI is InChI=1S/C18H19ClN2O3/c1-23-12-6-7-15(17(10-12)24-2)20-18(22)11-21-9-8-13-14(19)4-3-5-16(13)21/h3-10,18,20,22H,11H2,1-2H3/t18-/m1/s1. The van der Waals surface area contributed by atoms with Crippen molar-refractivity contribution in [2.45, 2.75) is 12.8 Å². The summed E-state index contributed by atoms with van der Waals surface area (Å²) in [5.41, 5.74) is 1.67. The van der Waals surface area contributed by atoms with Crippen molar-refractivity contribution in [2.75, 3.05) is 19.5 Å². The van der Waals surface area contributed by atoms with E-state index in [0.29, 0.717) is 28.8 Å². The first-order valence-electron chi connectivity index (χ1n) is 7.52. The second kappa shape index (κ2) is 7.03. The van der Waals surface area contributed by atoms with Crippen molar-refractivity contribution in [1.82, 2.24) is 4.57 Å². The van der Waals surface area contributed by atoms with Crippen LogP contribution >= 0.6 is 11.6 Å². The number of benzene rings is 2. The van der Waals surface area contributed by atoms with E-state index >= 15 is 0 Å². The van der Waals surface area contributed by atoms with Crippen LogP contribution in [-0.4, -0.2) is 30.1 Å². The molecule has 0 unspecified atom stereocenters. The number of anilines is 1. The molecule has 5 nitrogen and oxygen atoms in total. The summed E-state index contributed by atoms with van der Waals surface area (Å²) in [6.45, 7) is 0.374. The third-order valence-electron chi connectivity index (χ3n) is 3.86. The molecule has 0 aliphatic carbocycles. The van der Waals surface area contributed by atoms with E-state index in [1.54, 1.807) is 20.3 Å². The quantitative estimate of drug-likeness (QED) is 0.667. The molecule has 2 N–H and O–H groups in total. The van der Waals surface area contributed by atoms with E-state index in [2.05, 4.69) is 5.32 Å². The summed E-state index contributed by atoms with van der Waals surface area (Å²) in [5.74, 6) is 1.30. The second-order valence-electron chi connectivity index (χ2n) is 5.37. The zero-order valence-corrected chi connectivity index (χ0v) is 14.2. The fourth-order valence-corrected chi connectivity index (χ4v) is 2.91. The molecule has 0 radical (unpaired) electrons. The zero-order chi connectivity index (χ0) is 17.1. The first kappa shape index (κ1) is 16.5. The Labute approximate surface area is 145 Å². The van der Waals surface area contributed by atoms with Crippen LogP contribution in [0.5, 0.6) is 11.5 Å². The fourth-order valence-electron chi connectivity index (χ4n) is 2.67. The van der Waals surface area contributed by atoms with E-state index in [-0.39, 0.29) is 0 Å². The molecule has 0 aliphatic rings. The van der Waals surface area contributed by atoms with Gasteiger partial charge in [0.15, 0.2) is 0 Å². The molecule has 3 aromatic rings. The van der Waals surface area contributed by atoms with Crippen LogP contribution < -0.4 is 14.8 Å². The van der Waals surface area contributed by atoms with E-state index in [9.17, 15) is 5.11 Å². The highest BCUT2D eigenvalue weighted by Gasteiger charge is 2.12. The molecule has 2 aromatic carbocycles. The largest absolute Gasteiger partial charge is 0.497 e. The van der Waals surface area contributed by atoms with Crippen LogP contribution in [0.3, 0.4) is 0 Å². The van der Waals surface area contributed by atoms with Crippen LogP contribution in [0, 0.1) is 0 Å². The number of methoxy groups -OCH3 is 2. The van der Waals surface area contributed by atoms with Gasteiger partial charge in [-0.1, -0.05) is 17.7 Å². The number of rotatable bonds is 6. The van der Waals surface area contributed by atoms with Crippen molar-refractivity contribution in [2.24, 2.45) is 0 Å². The third kappa shape index (κ3) is 3.27. The number of aliphatic hydroxyl groups is 1. The van der Waals surface area contributed by atoms with Crippen LogP contribution in [0.4, 0.5) is 5.69 Å². The average molecular weight is 347 g/mol. The van der Waals surface area contributed by atoms with E-state index < -0.39 is 6.23 Å². The zero-order valence-electron chi connectivity index (χ0n) is 13.5. The Bertz CT molecular complexity index is 847. The second-order valence-corrected chi connectivity index (χ2v) is 5.77. The lowest BCUT2D eigenvalue weighted by atomic mass is 10.2. The smallest absolute Gasteiger partial charge is 0.145 e. The summed E-state index contributed by atoms with van der Waals surface area (Å²) in [6, 6.07) is 13.0. The summed E-state index contributed by atoms with van der Waals surface area (Å²) in [7, 11) is 3.17. The first-order chi connectivity index (χ1) is 11.6. The van der Waals surface area contributed by atoms with Gasteiger partial charge in [0.25, 0.3) is 0 Å². The van der Waals surface area contributed by atoms with Crippen molar-refractivity contribution >= 4 is 28.2 Å². The lowest BCUT2D eigenvalue weighted by Gasteiger charge is -2.18. The van der Waals surface area contributed by atoms with Crippen molar-refractivity contribution in [3.63, 3.8) is 0 Å². The van der Waals surface area contributed by atoms with Gasteiger partial charge >= 0.3 is 0 Å². The number of halogens is 1. The molecular weight excluding hydrogens is 328 g/mol. The molecule has 1 atom stereocenters. The van der Waals surface area contributed by atoms with Gasteiger partial charge in [-0.05, 0) is 30.3 Å². The summed E-state index contributed by atoms with van der Waals surface area (Å²) < 4.78 is 12.5. The van der Waals surface area contributed by atoms with Gasteiger partial charge in [-0.2, -0.15) is 0 Å². The van der Waals surface area contributed by atoms with Gasteiger partial charge in [0, 0.05) is 28.2 Å². The van der Waals surface area contributed by atoms with Crippen LogP contribution in [0.2, 0.25) is 5.02 Å². The first-order valence-corrected chi connectivity index (χ1v) is 7.90. The Balaban J connectivity index is 1.78. The normalized spacial score (nSPS) is 12.2. The van der Waals surface area contributed by atoms with Gasteiger partial charge in [0.05, 0.1) is 26.5 Å². The minimum absolute atomic E-state index is 0.374. The summed E-state index contributed by atoms with van der Waals surface area (Å²) in [5, 5.41) is 15.1. The van der Waals surface area contributed by atoms with Gasteiger partial charge in [-0.25, -0.2) is 0 Å². The van der Waals surface area contributed by atoms with Crippen LogP contribution in [0.1, 0.15) is 0 Å². The highest BCUT2D eigenvalue weighted by Crippen LogP contribution is 2.30. The minimum Gasteiger partial charge on any atom is -0.497 e. The summed E-state index contributed by atoms with van der Waals surface area (Å²) in [4.78, 5) is 0. The number of aliphatic hydroxyl groups excluding tert-OH is 1. The number of nitrogens with one attached hydrogen (secondary N) is 1. The molecule has 6 heteroatoms. The fraction of sp³-hybridized carbons (Fsp3) is 0.222. The van der Waals surface area contributed by atoms with Crippen molar-refractivity contribution in [1.29, 1.82) is 0 Å². The van der Waals surface area contributed by atoms with E-state index in [1.165, 1.54) is 0 Å². The lowest BCUT2D eigenvalue weighted by molar-refractivity contribution is 0.183. The van der Waals surface area contributed by atoms with Gasteiger partial charge in [0.1, 0.15) is 17.7 Å². The molecule has 3 rings (SSSR count). The van der Waals surface area contributed by atoms with Crippen LogP contribution in [0.15, 0.2) is 48.7 Å². The average Bonchev–Trinajstić information content (AvgIpc) is 2.99. The highest BCUT2D eigenvalue weighted by molar-refractivity contribution is 6.35. The topological polar surface area (TPSA) is 55.6 Å². The van der Waals surface area contributed by atoms with Crippen LogP contribution in [0.25, 0.3) is 10.9 Å². The molecule has 0 fully saturated rings. The molecule has 0 bridgehead atoms. The number of hydrogen-bond acceptors (Lipinski definition) is 4. The molecular formula is C18H19ClN2O3. The van der Waals surface area contributed by atoms with E-state index in [0.717, 1.165) is 10.9 Å². The minimum atomic E-state index is -0.790. The van der Waals surface area contributed by atoms with Gasteiger partial charge < -0.3 is 24.5 Å². The summed E-state index contributed by atoms with van der Waals surface area (Å²) >= 11 is 6.18. The van der Waals surface area contributed by atoms with Crippen LogP contribution in [-0.2, 0) is 6.54 Å². The van der Waals surface area contributed by atoms with Gasteiger partial charge in [0.2, 0.25) is 0 Å². The van der Waals surface area contributed by atoms with Gasteiger partial charge in [-0.3, -0.25) is 0 Å². The maximum atomic E-state index is 10.4. The molecule has 0 aliphatic heterocycles. The van der Waals surface area contributed by atoms with E-state index in [4.69, 9.17) is 21.1 Å². The monoisotopic (exact) mass is 346 g/mol. The Morgan fingerprint density at radius 2 is 2.00 bits per heavy atom. The molecule has 126 valence electrons. The molecule has 1 heterocycles. The van der Waals surface area contributed by atoms with Crippen molar-refractivity contribution in [3.05, 3.63) is 53.7 Å². The Kier molecular flexibility index (Phi) is 4.83. The number of hydrogen-bond donors (Lipinski definition) is 2. The Morgan fingerprint density at radius 1 is 1.17 bits per heavy atom. The molecule has 0 saturated heterocycles. The highest BCUT2D eigenvalue weighted by atomic mass is 35.5. The third-order valence-corrected chi connectivity index (χ3v) is 4.19. The van der Waals surface area contributed by atoms with Gasteiger partial charge in [-0.15, -0.1) is 0 Å². The van der Waals surface area contributed by atoms with Crippen molar-refractivity contribution < 1.29 is 14.6 Å². The molecule has 0 saturated carbocycles. The maximum Gasteiger partial charge on any atom is 0.145 e. The molecule has 0 spiro atoms. The predicted molar refractivity (Wildman–Crippen MR) is 96.1 cm³/mol. The number of ether oxygens (including phenoxy) is 2. The Hall–Kier alpha value is -2.37. The molecule has 1 aromatic heterocycles. The molecule has 0 amide bonds. The number of aromatic nitrogens is 1. The Morgan fingerprint density at radius 3 is 2.75 bits per heavy atom. The SMILES string of the molecule is COc1ccc(N[C@H](O)Cn2ccc3c(Cl)cccc32)c(OC)c1. The summed E-state index contributed by atoms with van der Waals surface area (Å²) in [6.07, 6.45) is 1.12. The van der Waals surface area contributed by atoms with E-state index in [1.807, 2.05) is 47.2 Å². The number of fused-ring (bicyclic) bond motifs is 1. The predicted octanol–water partition coefficient (Wildman–Crippen LogP) is 3.74. The lowest BCUT2D eigenvalue weighted by Crippen LogP contribution is -2.24. The maximum absolute atomic E-state index is 10.4.